The highest BCUT2D eigenvalue weighted by Crippen LogP contribution is 2.28. The first kappa shape index (κ1) is 8.06. The van der Waals surface area contributed by atoms with Crippen molar-refractivity contribution in [1.82, 2.24) is 5.32 Å². The highest BCUT2D eigenvalue weighted by atomic mass is 15.0. The van der Waals surface area contributed by atoms with Crippen molar-refractivity contribution < 1.29 is 0 Å². The summed E-state index contributed by atoms with van der Waals surface area (Å²) < 4.78 is 0. The molecule has 0 spiro atoms. The van der Waals surface area contributed by atoms with Gasteiger partial charge < -0.3 is 5.32 Å². The van der Waals surface area contributed by atoms with Crippen LogP contribution in [0.4, 0.5) is 0 Å². The van der Waals surface area contributed by atoms with Gasteiger partial charge in [0.05, 0.1) is 0 Å². The average Bonchev–Trinajstić information content (AvgIpc) is 2.28. The van der Waals surface area contributed by atoms with Crippen LogP contribution >= 0.6 is 0 Å². The lowest BCUT2D eigenvalue weighted by molar-refractivity contribution is 0.520. The van der Waals surface area contributed by atoms with E-state index in [1.165, 1.54) is 0 Å². The summed E-state index contributed by atoms with van der Waals surface area (Å²) in [7, 11) is 0. The van der Waals surface area contributed by atoms with Gasteiger partial charge in [0.1, 0.15) is 0 Å². The second kappa shape index (κ2) is 3.06. The molecule has 1 heteroatoms. The minimum atomic E-state index is 0.628. The number of rotatable bonds is 0. The van der Waals surface area contributed by atoms with Crippen LogP contribution in [0.5, 0.6) is 0 Å². The largest absolute Gasteiger partial charge is 0.313 e. The van der Waals surface area contributed by atoms with Crippen LogP contribution in [0.2, 0.25) is 0 Å². The zero-order valence-corrected chi connectivity index (χ0v) is 7.83. The molecule has 1 aliphatic carbocycles. The number of fused-ring (bicyclic) bond motifs is 1. The molecule has 1 nitrogen and oxygen atoms in total. The van der Waals surface area contributed by atoms with Crippen LogP contribution in [0.3, 0.4) is 0 Å². The summed E-state index contributed by atoms with van der Waals surface area (Å²) in [4.78, 5) is 0. The molecule has 1 heterocycles. The van der Waals surface area contributed by atoms with Crippen molar-refractivity contribution in [1.29, 1.82) is 0 Å². The fraction of sp³-hybridized carbons (Fsp3) is 0.636. The molecule has 12 heavy (non-hydrogen) atoms. The Morgan fingerprint density at radius 3 is 2.67 bits per heavy atom. The van der Waals surface area contributed by atoms with Crippen molar-refractivity contribution >= 4 is 0 Å². The maximum atomic E-state index is 3.50. The lowest BCUT2D eigenvalue weighted by Gasteiger charge is -2.13. The van der Waals surface area contributed by atoms with Gasteiger partial charge in [-0.2, -0.15) is 0 Å². The third-order valence-electron chi connectivity index (χ3n) is 3.05. The van der Waals surface area contributed by atoms with Crippen LogP contribution in [0, 0.1) is 17.8 Å². The molecule has 2 rings (SSSR count). The van der Waals surface area contributed by atoms with E-state index >= 15 is 0 Å². The Hall–Kier alpha value is -0.560. The van der Waals surface area contributed by atoms with Crippen LogP contribution in [0.1, 0.15) is 13.8 Å². The van der Waals surface area contributed by atoms with Gasteiger partial charge in [0, 0.05) is 12.6 Å². The number of hydrogen-bond donors (Lipinski definition) is 1. The van der Waals surface area contributed by atoms with Crippen LogP contribution < -0.4 is 5.32 Å². The SMILES string of the molecule is CC1C=CC2C(C)NC[C@@H]2C=C1. The van der Waals surface area contributed by atoms with Crippen molar-refractivity contribution in [3.63, 3.8) is 0 Å². The lowest BCUT2D eigenvalue weighted by Crippen LogP contribution is -2.21. The van der Waals surface area contributed by atoms with Crippen LogP contribution in [-0.4, -0.2) is 12.6 Å². The topological polar surface area (TPSA) is 12.0 Å². The third-order valence-corrected chi connectivity index (χ3v) is 3.05. The normalized spacial score (nSPS) is 45.8. The highest BCUT2D eigenvalue weighted by Gasteiger charge is 2.29. The van der Waals surface area contributed by atoms with E-state index in [0.717, 1.165) is 18.4 Å². The maximum Gasteiger partial charge on any atom is 0.0108 e. The Morgan fingerprint density at radius 1 is 1.08 bits per heavy atom. The van der Waals surface area contributed by atoms with Gasteiger partial charge in [0.15, 0.2) is 0 Å². The Labute approximate surface area is 74.5 Å². The van der Waals surface area contributed by atoms with E-state index in [4.69, 9.17) is 0 Å². The second-order valence-electron chi connectivity index (χ2n) is 4.07. The molecule has 0 aromatic carbocycles. The Morgan fingerprint density at radius 2 is 1.83 bits per heavy atom. The van der Waals surface area contributed by atoms with Crippen LogP contribution in [0.25, 0.3) is 0 Å². The molecular weight excluding hydrogens is 146 g/mol. The second-order valence-corrected chi connectivity index (χ2v) is 4.07. The van der Waals surface area contributed by atoms with Crippen molar-refractivity contribution in [2.45, 2.75) is 19.9 Å². The smallest absolute Gasteiger partial charge is 0.0108 e. The van der Waals surface area contributed by atoms with Crippen molar-refractivity contribution in [3.05, 3.63) is 24.3 Å². The fourth-order valence-electron chi connectivity index (χ4n) is 2.16. The molecule has 0 aromatic rings. The van der Waals surface area contributed by atoms with Gasteiger partial charge in [-0.1, -0.05) is 31.2 Å². The van der Waals surface area contributed by atoms with E-state index in [0.29, 0.717) is 12.0 Å². The van der Waals surface area contributed by atoms with Crippen LogP contribution in [-0.2, 0) is 0 Å². The van der Waals surface area contributed by atoms with Crippen molar-refractivity contribution in [2.24, 2.45) is 17.8 Å². The van der Waals surface area contributed by atoms with E-state index in [1.54, 1.807) is 0 Å². The molecule has 0 amide bonds. The summed E-state index contributed by atoms with van der Waals surface area (Å²) in [6, 6.07) is 0.654. The third kappa shape index (κ3) is 1.34. The van der Waals surface area contributed by atoms with Gasteiger partial charge >= 0.3 is 0 Å². The van der Waals surface area contributed by atoms with E-state index < -0.39 is 0 Å². The zero-order valence-electron chi connectivity index (χ0n) is 7.83. The molecule has 3 unspecified atom stereocenters. The van der Waals surface area contributed by atoms with Gasteiger partial charge in [-0.3, -0.25) is 0 Å². The maximum absolute atomic E-state index is 3.50. The predicted molar refractivity (Wildman–Crippen MR) is 51.9 cm³/mol. The van der Waals surface area contributed by atoms with Crippen molar-refractivity contribution in [3.8, 4) is 0 Å². The molecule has 0 bridgehead atoms. The highest BCUT2D eigenvalue weighted by molar-refractivity contribution is 5.14. The number of hydrogen-bond acceptors (Lipinski definition) is 1. The summed E-state index contributed by atoms with van der Waals surface area (Å²) in [6.45, 7) is 5.67. The summed E-state index contributed by atoms with van der Waals surface area (Å²) in [6.07, 6.45) is 9.41. The molecule has 0 radical (unpaired) electrons. The van der Waals surface area contributed by atoms with Gasteiger partial charge in [-0.15, -0.1) is 0 Å². The monoisotopic (exact) mass is 163 g/mol. The lowest BCUT2D eigenvalue weighted by atomic mass is 9.92. The Kier molecular flexibility index (Phi) is 2.05. The molecule has 1 N–H and O–H groups in total. The first-order chi connectivity index (χ1) is 5.77. The quantitative estimate of drug-likeness (QED) is 0.538. The summed E-state index contributed by atoms with van der Waals surface area (Å²) in [5.41, 5.74) is 0. The molecule has 1 fully saturated rings. The minimum absolute atomic E-state index is 0.628. The number of allylic oxidation sites excluding steroid dienone is 2. The first-order valence-corrected chi connectivity index (χ1v) is 4.87. The molecule has 1 aliphatic heterocycles. The van der Waals surface area contributed by atoms with E-state index in [1.807, 2.05) is 0 Å². The molecule has 2 aliphatic rings. The first-order valence-electron chi connectivity index (χ1n) is 4.87. The average molecular weight is 163 g/mol. The van der Waals surface area contributed by atoms with Crippen LogP contribution in [0.15, 0.2) is 24.3 Å². The van der Waals surface area contributed by atoms with E-state index in [-0.39, 0.29) is 0 Å². The van der Waals surface area contributed by atoms with Gasteiger partial charge in [0.25, 0.3) is 0 Å². The summed E-state index contributed by atoms with van der Waals surface area (Å²) in [5.74, 6) is 2.09. The molecule has 0 aromatic heterocycles. The van der Waals surface area contributed by atoms with Gasteiger partial charge in [0.2, 0.25) is 0 Å². The molecule has 4 atom stereocenters. The number of nitrogens with one attached hydrogen (secondary N) is 1. The standard InChI is InChI=1S/C11H17N/c1-8-3-5-10-7-12-9(2)11(10)6-4-8/h3-6,8-12H,7H2,1-2H3/t8?,9?,10-,11?/m0/s1. The van der Waals surface area contributed by atoms with Gasteiger partial charge in [-0.25, -0.2) is 0 Å². The Bertz CT molecular complexity index is 217. The molecular formula is C11H17N. The predicted octanol–water partition coefficient (Wildman–Crippen LogP) is 1.97. The van der Waals surface area contributed by atoms with E-state index in [9.17, 15) is 0 Å². The Balaban J connectivity index is 2.20. The summed E-state index contributed by atoms with van der Waals surface area (Å²) in [5, 5.41) is 3.50. The molecule has 1 saturated heterocycles. The van der Waals surface area contributed by atoms with E-state index in [2.05, 4.69) is 43.5 Å². The fourth-order valence-corrected chi connectivity index (χ4v) is 2.16. The minimum Gasteiger partial charge on any atom is -0.313 e. The zero-order chi connectivity index (χ0) is 8.55. The molecule has 66 valence electrons. The molecule has 0 saturated carbocycles. The van der Waals surface area contributed by atoms with Crippen molar-refractivity contribution in [2.75, 3.05) is 6.54 Å². The summed E-state index contributed by atoms with van der Waals surface area (Å²) >= 11 is 0. The van der Waals surface area contributed by atoms with Gasteiger partial charge in [-0.05, 0) is 24.7 Å².